The Bertz CT molecular complexity index is 961. The summed E-state index contributed by atoms with van der Waals surface area (Å²) in [6.07, 6.45) is 22.7. The molecule has 1 aliphatic rings. The summed E-state index contributed by atoms with van der Waals surface area (Å²) in [7, 11) is -2.28. The average Bonchev–Trinajstić information content (AvgIpc) is 3.09. The van der Waals surface area contributed by atoms with Crippen LogP contribution in [0, 0.1) is 0 Å². The van der Waals surface area contributed by atoms with E-state index in [1.165, 1.54) is 123 Å². The minimum Gasteiger partial charge on any atom is -0.455 e. The SMILES string of the molecule is CCCCCCCCCCCCCCCC(=O)O[C@H]1C(OC)O[C@H](COC)[C@@H](OS(=O)(=O)O)[C@@H]1OC(=O)CCCCCCCCCCCCCC. The van der Waals surface area contributed by atoms with Crippen molar-refractivity contribution in [2.24, 2.45) is 0 Å². The van der Waals surface area contributed by atoms with E-state index in [4.69, 9.17) is 27.9 Å². The van der Waals surface area contributed by atoms with Gasteiger partial charge < -0.3 is 23.7 Å². The molecule has 0 amide bonds. The zero-order valence-corrected chi connectivity index (χ0v) is 33.4. The summed E-state index contributed by atoms with van der Waals surface area (Å²) in [5, 5.41) is 0. The molecular weight excluding hydrogens is 676 g/mol. The van der Waals surface area contributed by atoms with Crippen LogP contribution in [-0.2, 0) is 47.9 Å². The van der Waals surface area contributed by atoms with Crippen molar-refractivity contribution in [1.29, 1.82) is 0 Å². The van der Waals surface area contributed by atoms with Gasteiger partial charge in [0.25, 0.3) is 0 Å². The zero-order valence-electron chi connectivity index (χ0n) is 32.6. The average molecular weight is 751 g/mol. The molecule has 0 aromatic heterocycles. The van der Waals surface area contributed by atoms with Crippen molar-refractivity contribution < 1.29 is 50.4 Å². The van der Waals surface area contributed by atoms with Crippen LogP contribution in [0.3, 0.4) is 0 Å². The Morgan fingerprint density at radius 2 is 0.902 bits per heavy atom. The molecule has 12 heteroatoms. The fourth-order valence-corrected chi connectivity index (χ4v) is 7.22. The second kappa shape index (κ2) is 31.1. The van der Waals surface area contributed by atoms with Crippen LogP contribution in [0.5, 0.6) is 0 Å². The van der Waals surface area contributed by atoms with Crippen LogP contribution in [0.25, 0.3) is 0 Å². The summed E-state index contributed by atoms with van der Waals surface area (Å²) < 4.78 is 66.3. The monoisotopic (exact) mass is 750 g/mol. The fraction of sp³-hybridized carbons (Fsp3) is 0.949. The number of esters is 2. The first-order valence-corrected chi connectivity index (χ1v) is 21.7. The van der Waals surface area contributed by atoms with E-state index in [0.29, 0.717) is 12.8 Å². The van der Waals surface area contributed by atoms with Gasteiger partial charge in [-0.1, -0.05) is 162 Å². The van der Waals surface area contributed by atoms with Crippen molar-refractivity contribution in [2.75, 3.05) is 20.8 Å². The topological polar surface area (TPSA) is 144 Å². The Balaban J connectivity index is 2.62. The maximum absolute atomic E-state index is 13.1. The summed E-state index contributed by atoms with van der Waals surface area (Å²) >= 11 is 0. The number of unbranched alkanes of at least 4 members (excludes halogenated alkanes) is 23. The zero-order chi connectivity index (χ0) is 37.6. The molecule has 302 valence electrons. The van der Waals surface area contributed by atoms with Crippen molar-refractivity contribution in [1.82, 2.24) is 0 Å². The number of hydrogen-bond acceptors (Lipinski definition) is 10. The molecule has 1 aliphatic heterocycles. The largest absolute Gasteiger partial charge is 0.455 e. The van der Waals surface area contributed by atoms with Crippen molar-refractivity contribution in [3.8, 4) is 0 Å². The first-order chi connectivity index (χ1) is 24.7. The molecule has 0 aromatic carbocycles. The van der Waals surface area contributed by atoms with Gasteiger partial charge in [0, 0.05) is 27.1 Å². The first kappa shape index (κ1) is 47.7. The predicted molar refractivity (Wildman–Crippen MR) is 200 cm³/mol. The smallest absolute Gasteiger partial charge is 0.397 e. The van der Waals surface area contributed by atoms with E-state index < -0.39 is 53.0 Å². The van der Waals surface area contributed by atoms with Gasteiger partial charge in [-0.15, -0.1) is 0 Å². The summed E-state index contributed by atoms with van der Waals surface area (Å²) in [6.45, 7) is 4.30. The highest BCUT2D eigenvalue weighted by molar-refractivity contribution is 7.80. The highest BCUT2D eigenvalue weighted by Crippen LogP contribution is 2.31. The molecule has 0 bridgehead atoms. The quantitative estimate of drug-likeness (QED) is 0.0381. The predicted octanol–water partition coefficient (Wildman–Crippen LogP) is 9.59. The Labute approximate surface area is 310 Å². The molecular formula is C39H74O11S. The third-order valence-corrected chi connectivity index (χ3v) is 10.1. The molecule has 1 rings (SSSR count). The molecule has 5 atom stereocenters. The number of carbonyl (C=O) groups excluding carboxylic acids is 2. The van der Waals surface area contributed by atoms with Gasteiger partial charge in [0.2, 0.25) is 0 Å². The molecule has 0 radical (unpaired) electrons. The van der Waals surface area contributed by atoms with Gasteiger partial charge in [-0.3, -0.25) is 14.1 Å². The van der Waals surface area contributed by atoms with Crippen molar-refractivity contribution in [2.45, 2.75) is 218 Å². The van der Waals surface area contributed by atoms with Gasteiger partial charge in [-0.25, -0.2) is 4.18 Å². The number of rotatable bonds is 34. The maximum Gasteiger partial charge on any atom is 0.397 e. The normalized spacial score (nSPS) is 20.8. The van der Waals surface area contributed by atoms with Crippen LogP contribution in [0.1, 0.15) is 187 Å². The minimum atomic E-state index is -5.00. The third kappa shape index (κ3) is 24.6. The summed E-state index contributed by atoms with van der Waals surface area (Å²) in [5.41, 5.74) is 0. The van der Waals surface area contributed by atoms with E-state index in [9.17, 15) is 22.6 Å². The Kier molecular flexibility index (Phi) is 29.1. The van der Waals surface area contributed by atoms with Crippen molar-refractivity contribution >= 4 is 22.3 Å². The van der Waals surface area contributed by atoms with E-state index in [0.717, 1.165) is 38.5 Å². The van der Waals surface area contributed by atoms with E-state index in [-0.39, 0.29) is 19.4 Å². The van der Waals surface area contributed by atoms with Crippen LogP contribution < -0.4 is 0 Å². The Morgan fingerprint density at radius 3 is 1.24 bits per heavy atom. The van der Waals surface area contributed by atoms with Gasteiger partial charge in [0.1, 0.15) is 12.2 Å². The summed E-state index contributed by atoms with van der Waals surface area (Å²) in [5.74, 6) is -1.15. The molecule has 1 saturated heterocycles. The lowest BCUT2D eigenvalue weighted by atomic mass is 9.98. The summed E-state index contributed by atoms with van der Waals surface area (Å²) in [4.78, 5) is 26.1. The van der Waals surface area contributed by atoms with Gasteiger partial charge >= 0.3 is 22.3 Å². The second-order valence-electron chi connectivity index (χ2n) is 14.3. The molecule has 1 heterocycles. The third-order valence-electron chi connectivity index (χ3n) is 9.64. The van der Waals surface area contributed by atoms with Gasteiger partial charge in [0.15, 0.2) is 18.5 Å². The molecule has 0 saturated carbocycles. The number of methoxy groups -OCH3 is 2. The molecule has 1 fully saturated rings. The van der Waals surface area contributed by atoms with E-state index in [1.807, 2.05) is 0 Å². The number of carbonyl (C=O) groups is 2. The lowest BCUT2D eigenvalue weighted by Crippen LogP contribution is -2.62. The van der Waals surface area contributed by atoms with Crippen LogP contribution in [-0.4, -0.2) is 76.4 Å². The summed E-state index contributed by atoms with van der Waals surface area (Å²) in [6, 6.07) is 0. The van der Waals surface area contributed by atoms with Crippen LogP contribution in [0.2, 0.25) is 0 Å². The molecule has 1 unspecified atom stereocenters. The van der Waals surface area contributed by atoms with Gasteiger partial charge in [-0.05, 0) is 12.8 Å². The lowest BCUT2D eigenvalue weighted by molar-refractivity contribution is -0.297. The van der Waals surface area contributed by atoms with Crippen molar-refractivity contribution in [3.05, 3.63) is 0 Å². The van der Waals surface area contributed by atoms with E-state index >= 15 is 0 Å². The molecule has 11 nitrogen and oxygen atoms in total. The van der Waals surface area contributed by atoms with Crippen LogP contribution in [0.4, 0.5) is 0 Å². The number of ether oxygens (including phenoxy) is 5. The minimum absolute atomic E-state index is 0.0968. The fourth-order valence-electron chi connectivity index (χ4n) is 6.70. The molecule has 51 heavy (non-hydrogen) atoms. The first-order valence-electron chi connectivity index (χ1n) is 20.4. The second-order valence-corrected chi connectivity index (χ2v) is 15.3. The standard InChI is InChI=1S/C39H74O11S/c1-5-7-9-11-13-15-17-19-21-23-25-27-29-31-35(41)49-38-37(36(50-51(42,43)44)33(32-45-3)47-39(38)46-4)48-34(40)30-28-26-24-22-20-18-16-14-12-10-8-6-2/h33,36-39H,5-32H2,1-4H3,(H,42,43,44)/t33-,36-,37+,38-,39?/m1/s1. The van der Waals surface area contributed by atoms with Gasteiger partial charge in [-0.2, -0.15) is 8.42 Å². The van der Waals surface area contributed by atoms with Crippen LogP contribution >= 0.6 is 0 Å². The Morgan fingerprint density at radius 1 is 0.549 bits per heavy atom. The lowest BCUT2D eigenvalue weighted by Gasteiger charge is -2.43. The van der Waals surface area contributed by atoms with E-state index in [1.54, 1.807) is 0 Å². The molecule has 1 N–H and O–H groups in total. The number of hydrogen-bond donors (Lipinski definition) is 1. The highest BCUT2D eigenvalue weighted by Gasteiger charge is 2.53. The van der Waals surface area contributed by atoms with Gasteiger partial charge in [0.05, 0.1) is 6.61 Å². The maximum atomic E-state index is 13.1. The molecule has 0 aliphatic carbocycles. The molecule has 0 spiro atoms. The Hall–Kier alpha value is -1.31. The highest BCUT2D eigenvalue weighted by atomic mass is 32.3. The van der Waals surface area contributed by atoms with Crippen LogP contribution in [0.15, 0.2) is 0 Å². The van der Waals surface area contributed by atoms with Crippen molar-refractivity contribution in [3.63, 3.8) is 0 Å². The molecule has 0 aromatic rings. The van der Waals surface area contributed by atoms with E-state index in [2.05, 4.69) is 13.8 Å².